The summed E-state index contributed by atoms with van der Waals surface area (Å²) in [5.74, 6) is 0.522. The zero-order valence-electron chi connectivity index (χ0n) is 9.36. The second-order valence-electron chi connectivity index (χ2n) is 3.97. The smallest absolute Gasteiger partial charge is 0.123 e. The Balaban J connectivity index is 2.70. The van der Waals surface area contributed by atoms with Crippen molar-refractivity contribution in [1.29, 1.82) is 0 Å². The highest BCUT2D eigenvalue weighted by Gasteiger charge is 2.10. The zero-order valence-corrected chi connectivity index (χ0v) is 9.36. The first-order valence-corrected chi connectivity index (χ1v) is 5.18. The predicted octanol–water partition coefficient (Wildman–Crippen LogP) is 3.38. The Labute approximate surface area is 94.8 Å². The number of aryl methyl sites for hydroxylation is 2. The summed E-state index contributed by atoms with van der Waals surface area (Å²) in [6, 6.07) is 10.6. The Morgan fingerprint density at radius 1 is 0.875 bits per heavy atom. The van der Waals surface area contributed by atoms with Gasteiger partial charge >= 0.3 is 0 Å². The molecule has 0 aliphatic heterocycles. The lowest BCUT2D eigenvalue weighted by molar-refractivity contribution is 0.473. The summed E-state index contributed by atoms with van der Waals surface area (Å²) in [4.78, 5) is 0. The number of hydrogen-bond donors (Lipinski definition) is 2. The van der Waals surface area contributed by atoms with Gasteiger partial charge in [-0.1, -0.05) is 18.2 Å². The van der Waals surface area contributed by atoms with Crippen molar-refractivity contribution in [2.24, 2.45) is 0 Å². The van der Waals surface area contributed by atoms with Crippen molar-refractivity contribution in [3.05, 3.63) is 47.5 Å². The third-order valence-electron chi connectivity index (χ3n) is 2.69. The van der Waals surface area contributed by atoms with Crippen LogP contribution in [0.5, 0.6) is 11.5 Å². The topological polar surface area (TPSA) is 40.5 Å². The Kier molecular flexibility index (Phi) is 2.57. The minimum Gasteiger partial charge on any atom is -0.508 e. The van der Waals surface area contributed by atoms with Gasteiger partial charge in [0.1, 0.15) is 11.5 Å². The summed E-state index contributed by atoms with van der Waals surface area (Å²) in [6.07, 6.45) is 0. The fraction of sp³-hybridized carbons (Fsp3) is 0.143. The van der Waals surface area contributed by atoms with Crippen molar-refractivity contribution in [2.75, 3.05) is 0 Å². The molecule has 2 nitrogen and oxygen atoms in total. The van der Waals surface area contributed by atoms with Gasteiger partial charge in [-0.15, -0.1) is 0 Å². The average molecular weight is 214 g/mol. The molecule has 0 atom stereocenters. The largest absolute Gasteiger partial charge is 0.508 e. The summed E-state index contributed by atoms with van der Waals surface area (Å²) >= 11 is 0. The number of benzene rings is 2. The van der Waals surface area contributed by atoms with Crippen LogP contribution in [-0.4, -0.2) is 10.2 Å². The van der Waals surface area contributed by atoms with Crippen LogP contribution in [0.15, 0.2) is 36.4 Å². The van der Waals surface area contributed by atoms with Crippen molar-refractivity contribution in [3.63, 3.8) is 0 Å². The maximum absolute atomic E-state index is 9.82. The van der Waals surface area contributed by atoms with Crippen LogP contribution in [-0.2, 0) is 0 Å². The van der Waals surface area contributed by atoms with E-state index in [0.29, 0.717) is 0 Å². The molecule has 0 heterocycles. The Hall–Kier alpha value is -1.96. The van der Waals surface area contributed by atoms with Crippen LogP contribution in [0.2, 0.25) is 0 Å². The molecule has 0 saturated heterocycles. The maximum Gasteiger partial charge on any atom is 0.123 e. The second-order valence-corrected chi connectivity index (χ2v) is 3.97. The minimum atomic E-state index is 0.258. The van der Waals surface area contributed by atoms with Crippen molar-refractivity contribution in [1.82, 2.24) is 0 Å². The molecule has 2 rings (SSSR count). The van der Waals surface area contributed by atoms with Gasteiger partial charge < -0.3 is 10.2 Å². The van der Waals surface area contributed by atoms with Crippen LogP contribution in [0.3, 0.4) is 0 Å². The van der Waals surface area contributed by atoms with E-state index in [9.17, 15) is 10.2 Å². The fourth-order valence-corrected chi connectivity index (χ4v) is 2.05. The Morgan fingerprint density at radius 3 is 2.00 bits per heavy atom. The first-order valence-electron chi connectivity index (χ1n) is 5.18. The molecule has 0 aromatic heterocycles. The number of phenols is 2. The molecule has 0 saturated carbocycles. The fourth-order valence-electron chi connectivity index (χ4n) is 2.05. The summed E-state index contributed by atoms with van der Waals surface area (Å²) in [5.41, 5.74) is 3.70. The molecule has 2 aromatic rings. The number of hydrogen-bond acceptors (Lipinski definition) is 2. The lowest BCUT2D eigenvalue weighted by Gasteiger charge is -2.12. The van der Waals surface area contributed by atoms with E-state index in [0.717, 1.165) is 22.3 Å². The molecule has 2 N–H and O–H groups in total. The quantitative estimate of drug-likeness (QED) is 0.764. The molecule has 0 spiro atoms. The van der Waals surface area contributed by atoms with E-state index >= 15 is 0 Å². The lowest BCUT2D eigenvalue weighted by Crippen LogP contribution is -1.88. The van der Waals surface area contributed by atoms with Gasteiger partial charge in [0.15, 0.2) is 0 Å². The molecular formula is C14H14O2. The number of aromatic hydroxyl groups is 2. The van der Waals surface area contributed by atoms with Crippen molar-refractivity contribution >= 4 is 0 Å². The number of phenolic OH excluding ortho intramolecular Hbond substituents is 2. The van der Waals surface area contributed by atoms with Gasteiger partial charge in [0.2, 0.25) is 0 Å². The molecule has 2 aromatic carbocycles. The van der Waals surface area contributed by atoms with Gasteiger partial charge in [-0.3, -0.25) is 0 Å². The van der Waals surface area contributed by atoms with Crippen LogP contribution in [0.1, 0.15) is 11.1 Å². The highest BCUT2D eigenvalue weighted by molar-refractivity contribution is 5.76. The van der Waals surface area contributed by atoms with Crippen LogP contribution in [0.4, 0.5) is 0 Å². The second kappa shape index (κ2) is 3.89. The van der Waals surface area contributed by atoms with Crippen molar-refractivity contribution in [3.8, 4) is 22.6 Å². The Bertz CT molecular complexity index is 507. The molecule has 0 aliphatic carbocycles. The molecule has 2 heteroatoms. The van der Waals surface area contributed by atoms with Gasteiger partial charge in [-0.25, -0.2) is 0 Å². The zero-order chi connectivity index (χ0) is 11.7. The number of para-hydroxylation sites is 1. The molecule has 0 fully saturated rings. The minimum absolute atomic E-state index is 0.258. The third kappa shape index (κ3) is 1.74. The van der Waals surface area contributed by atoms with E-state index < -0.39 is 0 Å². The predicted molar refractivity (Wildman–Crippen MR) is 64.7 cm³/mol. The van der Waals surface area contributed by atoms with Gasteiger partial charge in [0.25, 0.3) is 0 Å². The molecule has 0 unspecified atom stereocenters. The molecule has 0 aliphatic rings. The maximum atomic E-state index is 9.82. The summed E-state index contributed by atoms with van der Waals surface area (Å²) in [7, 11) is 0. The lowest BCUT2D eigenvalue weighted by atomic mass is 9.95. The van der Waals surface area contributed by atoms with E-state index in [1.165, 1.54) is 0 Å². The Morgan fingerprint density at radius 2 is 1.44 bits per heavy atom. The first kappa shape index (κ1) is 10.6. The van der Waals surface area contributed by atoms with Crippen LogP contribution >= 0.6 is 0 Å². The van der Waals surface area contributed by atoms with Gasteiger partial charge in [0.05, 0.1) is 0 Å². The average Bonchev–Trinajstić information content (AvgIpc) is 2.19. The molecule has 0 bridgehead atoms. The molecule has 82 valence electrons. The van der Waals surface area contributed by atoms with Crippen LogP contribution in [0, 0.1) is 13.8 Å². The van der Waals surface area contributed by atoms with E-state index in [1.807, 2.05) is 26.0 Å². The van der Waals surface area contributed by atoms with Crippen LogP contribution < -0.4 is 0 Å². The van der Waals surface area contributed by atoms with E-state index in [4.69, 9.17) is 0 Å². The molecule has 0 radical (unpaired) electrons. The highest BCUT2D eigenvalue weighted by atomic mass is 16.3. The van der Waals surface area contributed by atoms with Crippen LogP contribution in [0.25, 0.3) is 11.1 Å². The third-order valence-corrected chi connectivity index (χ3v) is 2.69. The summed E-state index contributed by atoms with van der Waals surface area (Å²) in [5, 5.41) is 19.3. The van der Waals surface area contributed by atoms with Gasteiger partial charge in [-0.05, 0) is 48.7 Å². The van der Waals surface area contributed by atoms with Crippen molar-refractivity contribution < 1.29 is 10.2 Å². The standard InChI is InChI=1S/C14H14O2/c1-9-7-11(15)8-10(2)14(9)12-5-3-4-6-13(12)16/h3-8,15-16H,1-2H3. The van der Waals surface area contributed by atoms with E-state index in [-0.39, 0.29) is 11.5 Å². The first-order chi connectivity index (χ1) is 7.59. The summed E-state index contributed by atoms with van der Waals surface area (Å²) < 4.78 is 0. The monoisotopic (exact) mass is 214 g/mol. The van der Waals surface area contributed by atoms with E-state index in [1.54, 1.807) is 24.3 Å². The van der Waals surface area contributed by atoms with Gasteiger partial charge in [0, 0.05) is 5.56 Å². The van der Waals surface area contributed by atoms with Crippen molar-refractivity contribution in [2.45, 2.75) is 13.8 Å². The molecule has 0 amide bonds. The van der Waals surface area contributed by atoms with E-state index in [2.05, 4.69) is 0 Å². The SMILES string of the molecule is Cc1cc(O)cc(C)c1-c1ccccc1O. The highest BCUT2D eigenvalue weighted by Crippen LogP contribution is 2.35. The number of rotatable bonds is 1. The molecular weight excluding hydrogens is 200 g/mol. The summed E-state index contributed by atoms with van der Waals surface area (Å²) in [6.45, 7) is 3.85. The normalized spacial score (nSPS) is 10.4. The molecule has 16 heavy (non-hydrogen) atoms. The van der Waals surface area contributed by atoms with Gasteiger partial charge in [-0.2, -0.15) is 0 Å².